The summed E-state index contributed by atoms with van der Waals surface area (Å²) in [5.74, 6) is -0.0136. The maximum Gasteiger partial charge on any atom is 0.319 e. The van der Waals surface area contributed by atoms with Crippen molar-refractivity contribution in [2.24, 2.45) is 5.41 Å². The molecule has 4 fully saturated rings. The van der Waals surface area contributed by atoms with Gasteiger partial charge in [0.25, 0.3) is 0 Å². The number of hydrogen-bond acceptors (Lipinski definition) is 11. The highest BCUT2D eigenvalue weighted by Crippen LogP contribution is 2.50. The second-order valence-electron chi connectivity index (χ2n) is 16.1. The maximum absolute atomic E-state index is 17.3. The Bertz CT molecular complexity index is 1960. The molecule has 2 N–H and O–H groups in total. The molecule has 3 aliphatic heterocycles. The van der Waals surface area contributed by atoms with E-state index >= 15 is 4.39 Å². The number of halogens is 1. The Labute approximate surface area is 304 Å². The van der Waals surface area contributed by atoms with Crippen molar-refractivity contribution in [2.45, 2.75) is 109 Å². The van der Waals surface area contributed by atoms with Gasteiger partial charge >= 0.3 is 6.01 Å². The van der Waals surface area contributed by atoms with Crippen LogP contribution in [0.25, 0.3) is 33.1 Å². The van der Waals surface area contributed by atoms with Crippen molar-refractivity contribution in [3.63, 3.8) is 0 Å². The molecule has 0 bridgehead atoms. The SMILES string of the molecule is COc1nc(-c2c(C)c(C)cc3[nH]ncc23)c(F)c2nc(OCC34CCCC3N(C3CC(C)OC(C)C3)CCC4)nc(N3CCOCC(C)(O)C3)c12. The van der Waals surface area contributed by atoms with Gasteiger partial charge in [0.1, 0.15) is 28.0 Å². The molecule has 280 valence electrons. The summed E-state index contributed by atoms with van der Waals surface area (Å²) in [6, 6.07) is 2.99. The summed E-state index contributed by atoms with van der Waals surface area (Å²) in [5.41, 5.74) is 2.23. The molecule has 5 unspecified atom stereocenters. The van der Waals surface area contributed by atoms with Crippen LogP contribution < -0.4 is 14.4 Å². The van der Waals surface area contributed by atoms with Gasteiger partial charge in [-0.3, -0.25) is 10.00 Å². The van der Waals surface area contributed by atoms with E-state index in [9.17, 15) is 5.11 Å². The zero-order chi connectivity index (χ0) is 36.4. The lowest BCUT2D eigenvalue weighted by Crippen LogP contribution is -2.57. The largest absolute Gasteiger partial charge is 0.480 e. The highest BCUT2D eigenvalue weighted by atomic mass is 19.1. The number of nitrogens with one attached hydrogen (secondary N) is 1. The van der Waals surface area contributed by atoms with Gasteiger partial charge in [-0.25, -0.2) is 9.37 Å². The predicted molar refractivity (Wildman–Crippen MR) is 197 cm³/mol. The number of β-amino-alcohol motifs (C(OH)–C–C–N with tert-alkyl or cyclic N) is 1. The number of aromatic nitrogens is 5. The number of methoxy groups -OCH3 is 1. The highest BCUT2D eigenvalue weighted by molar-refractivity contribution is 6.01. The average Bonchev–Trinajstić information content (AvgIpc) is 3.72. The summed E-state index contributed by atoms with van der Waals surface area (Å²) in [7, 11) is 1.52. The molecule has 12 nitrogen and oxygen atoms in total. The minimum Gasteiger partial charge on any atom is -0.480 e. The number of aliphatic hydroxyl groups is 1. The number of benzene rings is 1. The van der Waals surface area contributed by atoms with E-state index < -0.39 is 11.4 Å². The first-order chi connectivity index (χ1) is 25.0. The van der Waals surface area contributed by atoms with Gasteiger partial charge in [-0.05, 0) is 96.9 Å². The zero-order valence-corrected chi connectivity index (χ0v) is 31.3. The van der Waals surface area contributed by atoms with Gasteiger partial charge in [0.15, 0.2) is 5.82 Å². The van der Waals surface area contributed by atoms with Crippen LogP contribution in [0.2, 0.25) is 0 Å². The number of nitrogens with zero attached hydrogens (tertiary/aromatic N) is 6. The van der Waals surface area contributed by atoms with Crippen LogP contribution in [0, 0.1) is 25.1 Å². The lowest BCUT2D eigenvalue weighted by molar-refractivity contribution is -0.0967. The fraction of sp³-hybridized carbons (Fsp3) is 0.641. The van der Waals surface area contributed by atoms with Crippen LogP contribution in [-0.2, 0) is 9.47 Å². The van der Waals surface area contributed by atoms with Crippen LogP contribution in [-0.4, -0.2) is 112 Å². The van der Waals surface area contributed by atoms with E-state index in [-0.39, 0.29) is 53.9 Å². The molecule has 8 rings (SSSR count). The minimum absolute atomic E-state index is 0.0488. The van der Waals surface area contributed by atoms with E-state index in [4.69, 9.17) is 33.9 Å². The van der Waals surface area contributed by atoms with Gasteiger partial charge < -0.3 is 29.0 Å². The van der Waals surface area contributed by atoms with Gasteiger partial charge in [0.2, 0.25) is 5.88 Å². The summed E-state index contributed by atoms with van der Waals surface area (Å²) >= 11 is 0. The van der Waals surface area contributed by atoms with E-state index in [0.29, 0.717) is 48.6 Å². The number of hydrogen-bond donors (Lipinski definition) is 2. The normalized spacial score (nSPS) is 30.1. The van der Waals surface area contributed by atoms with E-state index in [1.54, 1.807) is 13.1 Å². The summed E-state index contributed by atoms with van der Waals surface area (Å²) in [4.78, 5) is 19.3. The second kappa shape index (κ2) is 13.6. The van der Waals surface area contributed by atoms with E-state index in [1.165, 1.54) is 7.11 Å². The smallest absolute Gasteiger partial charge is 0.319 e. The Morgan fingerprint density at radius 1 is 1.10 bits per heavy atom. The van der Waals surface area contributed by atoms with Crippen LogP contribution in [0.1, 0.15) is 76.8 Å². The van der Waals surface area contributed by atoms with Crippen LogP contribution in [0.4, 0.5) is 10.2 Å². The molecule has 4 aromatic rings. The van der Waals surface area contributed by atoms with Crippen LogP contribution >= 0.6 is 0 Å². The molecule has 0 radical (unpaired) electrons. The van der Waals surface area contributed by atoms with Crippen LogP contribution in [0.3, 0.4) is 0 Å². The first-order valence-corrected chi connectivity index (χ1v) is 18.9. The molecule has 6 heterocycles. The Balaban J connectivity index is 1.23. The first-order valence-electron chi connectivity index (χ1n) is 18.9. The van der Waals surface area contributed by atoms with Gasteiger partial charge in [0.05, 0.1) is 57.4 Å². The number of likely N-dealkylation sites (tertiary alicyclic amines) is 1. The lowest BCUT2D eigenvalue weighted by atomic mass is 9.74. The summed E-state index contributed by atoms with van der Waals surface area (Å²) in [5, 5.41) is 19.5. The minimum atomic E-state index is -1.17. The summed E-state index contributed by atoms with van der Waals surface area (Å²) in [6.45, 7) is 12.7. The Morgan fingerprint density at radius 3 is 2.67 bits per heavy atom. The van der Waals surface area contributed by atoms with Gasteiger partial charge in [0, 0.05) is 35.0 Å². The fourth-order valence-corrected chi connectivity index (χ4v) is 9.75. The molecule has 1 saturated carbocycles. The van der Waals surface area contributed by atoms with E-state index in [1.807, 2.05) is 24.8 Å². The van der Waals surface area contributed by atoms with Crippen molar-refractivity contribution in [3.8, 4) is 23.1 Å². The van der Waals surface area contributed by atoms with Gasteiger partial charge in [-0.15, -0.1) is 0 Å². The van der Waals surface area contributed by atoms with Crippen molar-refractivity contribution in [2.75, 3.05) is 51.5 Å². The van der Waals surface area contributed by atoms with Crippen LogP contribution in [0.15, 0.2) is 12.3 Å². The predicted octanol–water partition coefficient (Wildman–Crippen LogP) is 5.89. The molecule has 1 aromatic carbocycles. The van der Waals surface area contributed by atoms with Gasteiger partial charge in [-0.2, -0.15) is 15.1 Å². The first kappa shape index (κ1) is 35.4. The van der Waals surface area contributed by atoms with Crippen molar-refractivity contribution in [3.05, 3.63) is 29.2 Å². The summed E-state index contributed by atoms with van der Waals surface area (Å²) in [6.07, 6.45) is 9.79. The third-order valence-electron chi connectivity index (χ3n) is 12.1. The van der Waals surface area contributed by atoms with E-state index in [0.717, 1.165) is 73.5 Å². The molecular formula is C39H52FN7O5. The second-order valence-corrected chi connectivity index (χ2v) is 16.1. The molecule has 13 heteroatoms. The maximum atomic E-state index is 17.3. The zero-order valence-electron chi connectivity index (χ0n) is 31.3. The molecule has 0 spiro atoms. The lowest BCUT2D eigenvalue weighted by Gasteiger charge is -2.51. The molecule has 0 amide bonds. The topological polar surface area (TPSA) is 131 Å². The number of piperidine rings is 1. The van der Waals surface area contributed by atoms with Crippen molar-refractivity contribution < 1.29 is 28.4 Å². The third kappa shape index (κ3) is 6.27. The molecule has 5 atom stereocenters. The monoisotopic (exact) mass is 717 g/mol. The Hall–Kier alpha value is -3.65. The summed E-state index contributed by atoms with van der Waals surface area (Å²) < 4.78 is 41.8. The average molecular weight is 718 g/mol. The number of fused-ring (bicyclic) bond motifs is 3. The number of anilines is 1. The van der Waals surface area contributed by atoms with E-state index in [2.05, 4.69) is 28.9 Å². The molecule has 1 aliphatic carbocycles. The molecule has 52 heavy (non-hydrogen) atoms. The molecule has 3 saturated heterocycles. The number of aryl methyl sites for hydroxylation is 1. The number of ether oxygens (including phenoxy) is 4. The molecular weight excluding hydrogens is 665 g/mol. The number of rotatable bonds is 7. The third-order valence-corrected chi connectivity index (χ3v) is 12.1. The number of pyridine rings is 1. The standard InChI is InChI=1S/C39H52FN7O5/c1-22-15-28-27(18-41-45-28)30(25(22)4)33-32(40)34-31(36(42-33)49-6)35(46-13-14-50-20-38(5,48)19-46)44-37(43-34)51-21-39-10-7-9-29(39)47(12-8-11-39)26-16-23(2)52-24(3)17-26/h15,18,23-24,26,29,48H,7-14,16-17,19-21H2,1-6H3,(H,41,45). The fourth-order valence-electron chi connectivity index (χ4n) is 9.75. The van der Waals surface area contributed by atoms with Crippen molar-refractivity contribution in [1.82, 2.24) is 30.0 Å². The van der Waals surface area contributed by atoms with Crippen molar-refractivity contribution in [1.29, 1.82) is 0 Å². The van der Waals surface area contributed by atoms with Crippen molar-refractivity contribution >= 4 is 27.6 Å². The molecule has 3 aromatic heterocycles. The number of H-pyrrole nitrogens is 1. The molecule has 4 aliphatic rings. The highest BCUT2D eigenvalue weighted by Gasteiger charge is 2.51. The Morgan fingerprint density at radius 2 is 1.88 bits per heavy atom. The quantitative estimate of drug-likeness (QED) is 0.237. The van der Waals surface area contributed by atoms with Gasteiger partial charge in [-0.1, -0.05) is 6.42 Å². The number of aromatic amines is 1. The Kier molecular flexibility index (Phi) is 9.28. The van der Waals surface area contributed by atoms with Crippen LogP contribution in [0.5, 0.6) is 11.9 Å².